The fraction of sp³-hybridized carbons (Fsp3) is 0.0833. The van der Waals surface area contributed by atoms with Gasteiger partial charge in [0.1, 0.15) is 5.69 Å². The van der Waals surface area contributed by atoms with E-state index >= 15 is 0 Å². The Labute approximate surface area is 183 Å². The molecule has 8 heteroatoms. The van der Waals surface area contributed by atoms with Crippen LogP contribution in [0.15, 0.2) is 79.1 Å². The first-order valence-electron chi connectivity index (χ1n) is 9.74. The molecule has 160 valence electrons. The summed E-state index contributed by atoms with van der Waals surface area (Å²) in [5.41, 5.74) is 1.57. The van der Waals surface area contributed by atoms with E-state index in [0.29, 0.717) is 21.2 Å². The highest BCUT2D eigenvalue weighted by atomic mass is 16.5. The molecule has 0 saturated carbocycles. The number of amides is 1. The zero-order chi connectivity index (χ0) is 22.7. The van der Waals surface area contributed by atoms with Crippen molar-refractivity contribution in [3.05, 3.63) is 95.5 Å². The third-order valence-corrected chi connectivity index (χ3v) is 4.98. The molecule has 0 bridgehead atoms. The van der Waals surface area contributed by atoms with Crippen molar-refractivity contribution in [2.45, 2.75) is 6.04 Å². The smallest absolute Gasteiger partial charge is 0.333 e. The quantitative estimate of drug-likeness (QED) is 0.286. The lowest BCUT2D eigenvalue weighted by molar-refractivity contribution is -0.605. The average Bonchev–Trinajstić information content (AvgIpc) is 2.82. The van der Waals surface area contributed by atoms with Gasteiger partial charge in [-0.2, -0.15) is 4.73 Å². The summed E-state index contributed by atoms with van der Waals surface area (Å²) in [5, 5.41) is 25.7. The summed E-state index contributed by atoms with van der Waals surface area (Å²) in [6, 6.07) is 17.6. The number of rotatable bonds is 5. The van der Waals surface area contributed by atoms with Gasteiger partial charge in [-0.25, -0.2) is 9.78 Å². The number of nitrogens with one attached hydrogen (secondary N) is 1. The fourth-order valence-electron chi connectivity index (χ4n) is 3.47. The number of nitrogens with zero attached hydrogens (tertiary/aromatic N) is 2. The molecule has 0 aliphatic rings. The third kappa shape index (κ3) is 3.93. The van der Waals surface area contributed by atoms with Crippen LogP contribution in [0.25, 0.3) is 22.2 Å². The standard InChI is InChI=1S/C24H19N3O5/c1-32-24(30)21(16-10-7-13-27(31)14-16)26-23(29)19-17-11-5-6-12-18(17)25-20(22(19)28)15-8-3-2-4-9-15/h2-14,21,28H,1H3,(H,26,29). The zero-order valence-electron chi connectivity index (χ0n) is 17.1. The van der Waals surface area contributed by atoms with Gasteiger partial charge in [-0.1, -0.05) is 48.5 Å². The molecule has 2 aromatic heterocycles. The molecule has 1 unspecified atom stereocenters. The first kappa shape index (κ1) is 20.8. The molecule has 2 heterocycles. The number of aromatic hydroxyl groups is 1. The lowest BCUT2D eigenvalue weighted by atomic mass is 10.0. The summed E-state index contributed by atoms with van der Waals surface area (Å²) in [5.74, 6) is -1.79. The van der Waals surface area contributed by atoms with E-state index in [1.807, 2.05) is 6.07 Å². The molecule has 4 aromatic rings. The highest BCUT2D eigenvalue weighted by molar-refractivity contribution is 6.11. The second-order valence-corrected chi connectivity index (χ2v) is 6.99. The molecule has 0 fully saturated rings. The highest BCUT2D eigenvalue weighted by Gasteiger charge is 2.29. The largest absolute Gasteiger partial charge is 0.619 e. The summed E-state index contributed by atoms with van der Waals surface area (Å²) in [4.78, 5) is 30.3. The normalized spacial score (nSPS) is 11.7. The maximum Gasteiger partial charge on any atom is 0.333 e. The second kappa shape index (κ2) is 8.73. The number of carbonyl (C=O) groups excluding carboxylic acids is 2. The van der Waals surface area contributed by atoms with E-state index in [0.717, 1.165) is 0 Å². The van der Waals surface area contributed by atoms with Crippen molar-refractivity contribution in [2.75, 3.05) is 7.11 Å². The maximum atomic E-state index is 13.4. The number of carbonyl (C=O) groups is 2. The van der Waals surface area contributed by atoms with Crippen molar-refractivity contribution in [3.8, 4) is 17.0 Å². The number of methoxy groups -OCH3 is 1. The van der Waals surface area contributed by atoms with E-state index in [1.54, 1.807) is 48.5 Å². The van der Waals surface area contributed by atoms with Gasteiger partial charge in [0.2, 0.25) is 0 Å². The lowest BCUT2D eigenvalue weighted by Crippen LogP contribution is -2.36. The second-order valence-electron chi connectivity index (χ2n) is 6.99. The molecule has 8 nitrogen and oxygen atoms in total. The van der Waals surface area contributed by atoms with E-state index in [4.69, 9.17) is 4.74 Å². The number of hydrogen-bond acceptors (Lipinski definition) is 6. The average molecular weight is 429 g/mol. The van der Waals surface area contributed by atoms with E-state index in [-0.39, 0.29) is 22.6 Å². The molecule has 2 N–H and O–H groups in total. The minimum atomic E-state index is -1.25. The SMILES string of the molecule is COC(=O)C(NC(=O)c1c(O)c(-c2ccccc2)nc2ccccc12)c1ccc[n+]([O-])c1. The maximum absolute atomic E-state index is 13.4. The molecule has 2 aromatic carbocycles. The van der Waals surface area contributed by atoms with Crippen LogP contribution in [0.4, 0.5) is 0 Å². The number of fused-ring (bicyclic) bond motifs is 1. The molecule has 4 rings (SSSR count). The van der Waals surface area contributed by atoms with E-state index in [1.165, 1.54) is 31.6 Å². The summed E-state index contributed by atoms with van der Waals surface area (Å²) in [7, 11) is 1.18. The van der Waals surface area contributed by atoms with Gasteiger partial charge in [0.05, 0.1) is 23.8 Å². The van der Waals surface area contributed by atoms with E-state index in [2.05, 4.69) is 10.3 Å². The number of esters is 1. The van der Waals surface area contributed by atoms with E-state index in [9.17, 15) is 19.9 Å². The third-order valence-electron chi connectivity index (χ3n) is 4.98. The van der Waals surface area contributed by atoms with E-state index < -0.39 is 17.9 Å². The fourth-order valence-corrected chi connectivity index (χ4v) is 3.47. The Balaban J connectivity index is 1.83. The Kier molecular flexibility index (Phi) is 5.67. The molecular weight excluding hydrogens is 410 g/mol. The van der Waals surface area contributed by atoms with Crippen molar-refractivity contribution in [1.29, 1.82) is 0 Å². The van der Waals surface area contributed by atoms with Gasteiger partial charge in [-0.05, 0) is 12.1 Å². The van der Waals surface area contributed by atoms with Crippen molar-refractivity contribution < 1.29 is 24.2 Å². The van der Waals surface area contributed by atoms with Gasteiger partial charge in [0, 0.05) is 17.0 Å². The minimum absolute atomic E-state index is 0.0331. The Morgan fingerprint density at radius 1 is 1.06 bits per heavy atom. The van der Waals surface area contributed by atoms with Crippen LogP contribution in [0.1, 0.15) is 22.0 Å². The first-order valence-corrected chi connectivity index (χ1v) is 9.74. The summed E-state index contributed by atoms with van der Waals surface area (Å²) >= 11 is 0. The molecule has 0 spiro atoms. The topological polar surface area (TPSA) is 115 Å². The molecule has 0 radical (unpaired) electrons. The number of hydrogen-bond donors (Lipinski definition) is 2. The summed E-state index contributed by atoms with van der Waals surface area (Å²) in [6.07, 6.45) is 2.43. The van der Waals surface area contributed by atoms with Crippen LogP contribution in [0, 0.1) is 5.21 Å². The van der Waals surface area contributed by atoms with Crippen LogP contribution in [-0.4, -0.2) is 29.1 Å². The van der Waals surface area contributed by atoms with Crippen LogP contribution in [-0.2, 0) is 9.53 Å². The summed E-state index contributed by atoms with van der Waals surface area (Å²) < 4.78 is 5.33. The molecule has 1 amide bonds. The molecule has 32 heavy (non-hydrogen) atoms. The zero-order valence-corrected chi connectivity index (χ0v) is 17.1. The summed E-state index contributed by atoms with van der Waals surface area (Å²) in [6.45, 7) is 0. The molecular formula is C24H19N3O5. The number of benzene rings is 2. The highest BCUT2D eigenvalue weighted by Crippen LogP contribution is 2.35. The van der Waals surface area contributed by atoms with Gasteiger partial charge in [-0.3, -0.25) is 4.79 Å². The number of pyridine rings is 2. The Hall–Kier alpha value is -4.46. The minimum Gasteiger partial charge on any atom is -0.619 e. The van der Waals surface area contributed by atoms with Gasteiger partial charge >= 0.3 is 5.97 Å². The molecule has 1 atom stereocenters. The van der Waals surface area contributed by atoms with Crippen molar-refractivity contribution in [1.82, 2.24) is 10.3 Å². The van der Waals surface area contributed by atoms with Crippen molar-refractivity contribution >= 4 is 22.8 Å². The number of para-hydroxylation sites is 1. The van der Waals surface area contributed by atoms with Crippen molar-refractivity contribution in [3.63, 3.8) is 0 Å². The van der Waals surface area contributed by atoms with Crippen LogP contribution in [0.2, 0.25) is 0 Å². The molecule has 0 aliphatic heterocycles. The van der Waals surface area contributed by atoms with Crippen LogP contribution < -0.4 is 10.0 Å². The predicted molar refractivity (Wildman–Crippen MR) is 116 cm³/mol. The molecule has 0 aliphatic carbocycles. The Bertz CT molecular complexity index is 1310. The van der Waals surface area contributed by atoms with Gasteiger partial charge in [-0.15, -0.1) is 0 Å². The van der Waals surface area contributed by atoms with Gasteiger partial charge < -0.3 is 20.4 Å². The number of aromatic nitrogens is 2. The lowest BCUT2D eigenvalue weighted by Gasteiger charge is -2.18. The van der Waals surface area contributed by atoms with Gasteiger partial charge in [0.25, 0.3) is 5.91 Å². The Morgan fingerprint density at radius 3 is 2.50 bits per heavy atom. The predicted octanol–water partition coefficient (Wildman–Crippen LogP) is 2.88. The number of ether oxygens (including phenoxy) is 1. The van der Waals surface area contributed by atoms with Crippen LogP contribution >= 0.6 is 0 Å². The first-order chi connectivity index (χ1) is 15.5. The van der Waals surface area contributed by atoms with Crippen molar-refractivity contribution in [2.24, 2.45) is 0 Å². The van der Waals surface area contributed by atoms with Crippen LogP contribution in [0.5, 0.6) is 5.75 Å². The van der Waals surface area contributed by atoms with Crippen LogP contribution in [0.3, 0.4) is 0 Å². The monoisotopic (exact) mass is 429 g/mol. The molecule has 0 saturated heterocycles. The van der Waals surface area contributed by atoms with Gasteiger partial charge in [0.15, 0.2) is 24.2 Å². The Morgan fingerprint density at radius 2 is 1.78 bits per heavy atom.